The molecule has 1 aromatic heterocycles. The molecule has 0 spiro atoms. The molecule has 0 aliphatic carbocycles. The van der Waals surface area contributed by atoms with Gasteiger partial charge in [0.2, 0.25) is 0 Å². The molecule has 1 aliphatic rings. The van der Waals surface area contributed by atoms with Crippen LogP contribution in [-0.2, 0) is 9.53 Å². The zero-order valence-corrected chi connectivity index (χ0v) is 19.9. The number of rotatable bonds is 3. The Morgan fingerprint density at radius 1 is 1.15 bits per heavy atom. The van der Waals surface area contributed by atoms with Crippen molar-refractivity contribution in [2.45, 2.75) is 13.8 Å². The average Bonchev–Trinajstić information content (AvgIpc) is 3.13. The van der Waals surface area contributed by atoms with E-state index >= 15 is 0 Å². The summed E-state index contributed by atoms with van der Waals surface area (Å²) in [6.45, 7) is 5.65. The monoisotopic (exact) mass is 479 g/mol. The molecule has 0 radical (unpaired) electrons. The number of aromatic nitrogens is 1. The fraction of sp³-hybridized carbons (Fsp3) is 0.240. The third-order valence-electron chi connectivity index (χ3n) is 5.46. The minimum Gasteiger partial charge on any atom is -0.378 e. The molecule has 33 heavy (non-hydrogen) atoms. The highest BCUT2D eigenvalue weighted by molar-refractivity contribution is 7.07. The summed E-state index contributed by atoms with van der Waals surface area (Å²) >= 11 is 7.18. The SMILES string of the molecule is Cc1ccc(/C=c2\s/c(=C(/C#N)C(=O)N3CCOCC3)n(-c3ccc(Cl)cc3)c2=O)c(C)c1. The summed E-state index contributed by atoms with van der Waals surface area (Å²) < 4.78 is 7.49. The smallest absolute Gasteiger partial charge is 0.273 e. The Labute approximate surface area is 200 Å². The lowest BCUT2D eigenvalue weighted by Gasteiger charge is -2.26. The van der Waals surface area contributed by atoms with Crippen LogP contribution in [0.4, 0.5) is 0 Å². The molecule has 1 amide bonds. The van der Waals surface area contributed by atoms with Crippen LogP contribution in [0.25, 0.3) is 17.3 Å². The van der Waals surface area contributed by atoms with Gasteiger partial charge in [-0.05, 0) is 55.3 Å². The summed E-state index contributed by atoms with van der Waals surface area (Å²) in [4.78, 5) is 28.3. The lowest BCUT2D eigenvalue weighted by atomic mass is 10.1. The van der Waals surface area contributed by atoms with Crippen LogP contribution in [-0.4, -0.2) is 41.7 Å². The van der Waals surface area contributed by atoms with Crippen LogP contribution in [0.1, 0.15) is 16.7 Å². The van der Waals surface area contributed by atoms with Gasteiger partial charge in [-0.2, -0.15) is 5.26 Å². The highest BCUT2D eigenvalue weighted by atomic mass is 35.5. The van der Waals surface area contributed by atoms with Gasteiger partial charge in [-0.25, -0.2) is 0 Å². The number of amides is 1. The summed E-state index contributed by atoms with van der Waals surface area (Å²) in [6.07, 6.45) is 1.81. The standard InChI is InChI=1S/C25H22ClN3O3S/c1-16-3-4-18(17(2)13-16)14-22-24(31)29(20-7-5-19(26)6-8-20)25(33-22)21(15-27)23(30)28-9-11-32-12-10-28/h3-8,13-14H,9-12H2,1-2H3/b22-14-,25-21-. The number of carbonyl (C=O) groups is 1. The minimum atomic E-state index is -0.400. The summed E-state index contributed by atoms with van der Waals surface area (Å²) in [5.74, 6) is -0.400. The first-order chi connectivity index (χ1) is 15.9. The topological polar surface area (TPSA) is 75.3 Å². The van der Waals surface area contributed by atoms with Crippen molar-refractivity contribution in [1.82, 2.24) is 9.47 Å². The first-order valence-corrected chi connectivity index (χ1v) is 11.7. The lowest BCUT2D eigenvalue weighted by Crippen LogP contribution is -2.42. The van der Waals surface area contributed by atoms with Gasteiger partial charge in [-0.15, -0.1) is 11.3 Å². The molecule has 1 saturated heterocycles. The molecule has 1 fully saturated rings. The second-order valence-electron chi connectivity index (χ2n) is 7.78. The van der Waals surface area contributed by atoms with Crippen molar-refractivity contribution in [1.29, 1.82) is 5.26 Å². The summed E-state index contributed by atoms with van der Waals surface area (Å²) in [5.41, 5.74) is 3.27. The van der Waals surface area contributed by atoms with E-state index in [-0.39, 0.29) is 11.1 Å². The van der Waals surface area contributed by atoms with Crippen molar-refractivity contribution in [3.8, 4) is 11.8 Å². The molecule has 2 heterocycles. The van der Waals surface area contributed by atoms with E-state index in [2.05, 4.69) is 6.07 Å². The number of morpholine rings is 1. The van der Waals surface area contributed by atoms with Gasteiger partial charge < -0.3 is 9.64 Å². The second kappa shape index (κ2) is 9.75. The molecule has 1 aliphatic heterocycles. The van der Waals surface area contributed by atoms with E-state index in [1.807, 2.05) is 38.1 Å². The van der Waals surface area contributed by atoms with Crippen LogP contribution >= 0.6 is 22.9 Å². The van der Waals surface area contributed by atoms with E-state index < -0.39 is 5.91 Å². The van der Waals surface area contributed by atoms with E-state index in [1.165, 1.54) is 4.57 Å². The fourth-order valence-corrected chi connectivity index (χ4v) is 4.93. The van der Waals surface area contributed by atoms with E-state index in [1.54, 1.807) is 29.2 Å². The van der Waals surface area contributed by atoms with E-state index in [0.717, 1.165) is 28.0 Å². The number of nitrogens with zero attached hydrogens (tertiary/aromatic N) is 3. The molecule has 2 aromatic carbocycles. The summed E-state index contributed by atoms with van der Waals surface area (Å²) in [7, 11) is 0. The maximum absolute atomic E-state index is 13.5. The van der Waals surface area contributed by atoms with E-state index in [4.69, 9.17) is 16.3 Å². The summed E-state index contributed by atoms with van der Waals surface area (Å²) in [5, 5.41) is 10.5. The van der Waals surface area contributed by atoms with Gasteiger partial charge in [0.15, 0.2) is 5.57 Å². The van der Waals surface area contributed by atoms with Gasteiger partial charge in [0.05, 0.1) is 23.4 Å². The van der Waals surface area contributed by atoms with Crippen molar-refractivity contribution in [2.24, 2.45) is 0 Å². The first kappa shape index (κ1) is 23.0. The Balaban J connectivity index is 2.00. The molecule has 0 atom stereocenters. The van der Waals surface area contributed by atoms with Gasteiger partial charge >= 0.3 is 0 Å². The van der Waals surface area contributed by atoms with Crippen LogP contribution in [0, 0.1) is 25.2 Å². The quantitative estimate of drug-likeness (QED) is 0.578. The molecule has 0 saturated carbocycles. The molecular weight excluding hydrogens is 458 g/mol. The highest BCUT2D eigenvalue weighted by Gasteiger charge is 2.24. The average molecular weight is 480 g/mol. The van der Waals surface area contributed by atoms with Gasteiger partial charge in [0.25, 0.3) is 11.5 Å². The number of thiazole rings is 1. The van der Waals surface area contributed by atoms with E-state index in [0.29, 0.717) is 46.2 Å². The molecule has 168 valence electrons. The van der Waals surface area contributed by atoms with E-state index in [9.17, 15) is 14.9 Å². The van der Waals surface area contributed by atoms with Crippen LogP contribution in [0.5, 0.6) is 0 Å². The number of hydrogen-bond donors (Lipinski definition) is 0. The molecule has 0 N–H and O–H groups in total. The number of hydrogen-bond acceptors (Lipinski definition) is 5. The molecule has 4 rings (SSSR count). The molecular formula is C25H22ClN3O3S. The van der Waals surface area contributed by atoms with Crippen LogP contribution < -0.4 is 14.8 Å². The number of carbonyl (C=O) groups excluding carboxylic acids is 1. The molecule has 0 unspecified atom stereocenters. The second-order valence-corrected chi connectivity index (χ2v) is 9.25. The van der Waals surface area contributed by atoms with Crippen LogP contribution in [0.2, 0.25) is 5.02 Å². The Bertz CT molecular complexity index is 1430. The van der Waals surface area contributed by atoms with Gasteiger partial charge in [0.1, 0.15) is 10.7 Å². The van der Waals surface area contributed by atoms with Crippen molar-refractivity contribution in [3.63, 3.8) is 0 Å². The van der Waals surface area contributed by atoms with Crippen molar-refractivity contribution < 1.29 is 9.53 Å². The predicted molar refractivity (Wildman–Crippen MR) is 130 cm³/mol. The number of ether oxygens (including phenoxy) is 1. The molecule has 3 aromatic rings. The summed E-state index contributed by atoms with van der Waals surface area (Å²) in [6, 6.07) is 14.8. The number of aryl methyl sites for hydroxylation is 2. The Morgan fingerprint density at radius 3 is 2.48 bits per heavy atom. The van der Waals surface area contributed by atoms with Crippen molar-refractivity contribution in [2.75, 3.05) is 26.3 Å². The van der Waals surface area contributed by atoms with Gasteiger partial charge in [-0.3, -0.25) is 14.2 Å². The van der Waals surface area contributed by atoms with Gasteiger partial charge in [0, 0.05) is 18.1 Å². The number of benzene rings is 2. The maximum Gasteiger partial charge on any atom is 0.273 e. The molecule has 0 bridgehead atoms. The van der Waals surface area contributed by atoms with Gasteiger partial charge in [-0.1, -0.05) is 35.4 Å². The van der Waals surface area contributed by atoms with Crippen LogP contribution in [0.3, 0.4) is 0 Å². The zero-order valence-electron chi connectivity index (χ0n) is 18.3. The molecule has 8 heteroatoms. The minimum absolute atomic E-state index is 0.0609. The lowest BCUT2D eigenvalue weighted by molar-refractivity contribution is -0.128. The first-order valence-electron chi connectivity index (χ1n) is 10.5. The Kier molecular flexibility index (Phi) is 6.80. The Hall–Kier alpha value is -3.18. The predicted octanol–water partition coefficient (Wildman–Crippen LogP) is 2.53. The Morgan fingerprint density at radius 2 is 1.85 bits per heavy atom. The maximum atomic E-state index is 13.5. The van der Waals surface area contributed by atoms with Crippen molar-refractivity contribution >= 4 is 40.5 Å². The highest BCUT2D eigenvalue weighted by Crippen LogP contribution is 2.13. The molecule has 6 nitrogen and oxygen atoms in total. The third-order valence-corrected chi connectivity index (χ3v) is 6.80. The van der Waals surface area contributed by atoms with Crippen LogP contribution in [0.15, 0.2) is 47.3 Å². The fourth-order valence-electron chi connectivity index (χ4n) is 3.72. The zero-order chi connectivity index (χ0) is 23.5. The number of nitriles is 1. The largest absolute Gasteiger partial charge is 0.378 e. The van der Waals surface area contributed by atoms with Crippen molar-refractivity contribution in [3.05, 3.63) is 83.7 Å². The normalized spacial score (nSPS) is 15.3. The number of halogens is 1. The third kappa shape index (κ3) is 4.79.